The van der Waals surface area contributed by atoms with E-state index in [1.54, 1.807) is 6.92 Å². The molecule has 18 heavy (non-hydrogen) atoms. The molecule has 1 aliphatic carbocycles. The number of carbonyl (C=O) groups is 1. The summed E-state index contributed by atoms with van der Waals surface area (Å²) in [5.41, 5.74) is 0.149. The van der Waals surface area contributed by atoms with E-state index in [1.165, 1.54) is 12.1 Å². The van der Waals surface area contributed by atoms with Crippen LogP contribution >= 0.6 is 0 Å². The molecule has 0 spiro atoms. The van der Waals surface area contributed by atoms with Gasteiger partial charge in [0.2, 0.25) is 5.91 Å². The molecule has 0 aliphatic heterocycles. The number of nitrogens with one attached hydrogen (secondary N) is 1. The number of rotatable bonds is 4. The topological polar surface area (TPSA) is 29.1 Å². The molecular weight excluding hydrogens is 236 g/mol. The average Bonchev–Trinajstić information content (AvgIpc) is 2.98. The summed E-state index contributed by atoms with van der Waals surface area (Å²) in [4.78, 5) is 11.3. The van der Waals surface area contributed by atoms with Crippen LogP contribution in [0.3, 0.4) is 0 Å². The van der Waals surface area contributed by atoms with Crippen LogP contribution in [0.1, 0.15) is 32.3 Å². The Kier molecular flexibility index (Phi) is 3.37. The number of hydrogen-bond donors (Lipinski definition) is 1. The van der Waals surface area contributed by atoms with Crippen molar-refractivity contribution >= 4 is 5.91 Å². The number of halogens is 2. The molecule has 1 aromatic rings. The fourth-order valence-corrected chi connectivity index (χ4v) is 2.48. The Morgan fingerprint density at radius 3 is 2.67 bits per heavy atom. The Balaban J connectivity index is 2.20. The Morgan fingerprint density at radius 2 is 2.17 bits per heavy atom. The Bertz CT molecular complexity index is 475. The van der Waals surface area contributed by atoms with Crippen LogP contribution in [0.4, 0.5) is 8.78 Å². The molecule has 1 aromatic carbocycles. The third-order valence-electron chi connectivity index (χ3n) is 3.84. The first-order valence-corrected chi connectivity index (χ1v) is 6.22. The lowest BCUT2D eigenvalue weighted by Crippen LogP contribution is -2.33. The van der Waals surface area contributed by atoms with Crippen molar-refractivity contribution < 1.29 is 13.6 Å². The summed E-state index contributed by atoms with van der Waals surface area (Å²) in [6.07, 6.45) is 1.23. The lowest BCUT2D eigenvalue weighted by molar-refractivity contribution is -0.120. The summed E-state index contributed by atoms with van der Waals surface area (Å²) in [5, 5.41) is 2.81. The van der Waals surface area contributed by atoms with Gasteiger partial charge < -0.3 is 5.32 Å². The third kappa shape index (κ3) is 2.24. The Morgan fingerprint density at radius 1 is 1.50 bits per heavy atom. The second-order valence-electron chi connectivity index (χ2n) is 5.02. The summed E-state index contributed by atoms with van der Waals surface area (Å²) in [7, 11) is 0. The highest BCUT2D eigenvalue weighted by molar-refractivity contribution is 5.75. The highest BCUT2D eigenvalue weighted by Gasteiger charge is 2.53. The molecule has 1 N–H and O–H groups in total. The van der Waals surface area contributed by atoms with E-state index in [2.05, 4.69) is 5.32 Å². The van der Waals surface area contributed by atoms with Crippen LogP contribution in [0.15, 0.2) is 18.2 Å². The van der Waals surface area contributed by atoms with Gasteiger partial charge in [-0.25, -0.2) is 8.78 Å². The van der Waals surface area contributed by atoms with Crippen molar-refractivity contribution in [3.05, 3.63) is 35.4 Å². The van der Waals surface area contributed by atoms with E-state index in [4.69, 9.17) is 0 Å². The standard InChI is InChI=1S/C14H17F2NO/c1-3-13(18)17-8-14(7-9(14)2)11-5-4-10(15)6-12(11)16/h4-6,9H,3,7-8H2,1-2H3,(H,17,18). The normalized spacial score (nSPS) is 25.9. The molecule has 98 valence electrons. The summed E-state index contributed by atoms with van der Waals surface area (Å²) >= 11 is 0. The van der Waals surface area contributed by atoms with E-state index in [0.717, 1.165) is 12.5 Å². The first-order valence-electron chi connectivity index (χ1n) is 6.22. The molecule has 2 rings (SSSR count). The molecule has 0 saturated heterocycles. The van der Waals surface area contributed by atoms with E-state index in [0.29, 0.717) is 24.4 Å². The first kappa shape index (κ1) is 13.0. The fourth-order valence-electron chi connectivity index (χ4n) is 2.48. The minimum Gasteiger partial charge on any atom is -0.355 e. The maximum atomic E-state index is 13.8. The quantitative estimate of drug-likeness (QED) is 0.878. The second kappa shape index (κ2) is 4.67. The van der Waals surface area contributed by atoms with E-state index in [9.17, 15) is 13.6 Å². The van der Waals surface area contributed by atoms with Gasteiger partial charge in [0.25, 0.3) is 0 Å². The Labute approximate surface area is 105 Å². The van der Waals surface area contributed by atoms with Gasteiger partial charge >= 0.3 is 0 Å². The molecule has 0 aromatic heterocycles. The molecule has 0 bridgehead atoms. The molecule has 1 fully saturated rings. The van der Waals surface area contributed by atoms with E-state index >= 15 is 0 Å². The lowest BCUT2D eigenvalue weighted by Gasteiger charge is -2.18. The summed E-state index contributed by atoms with van der Waals surface area (Å²) in [5.74, 6) is -0.840. The SMILES string of the molecule is CCC(=O)NCC1(c2ccc(F)cc2F)CC1C. The van der Waals surface area contributed by atoms with Crippen LogP contribution < -0.4 is 5.32 Å². The zero-order valence-corrected chi connectivity index (χ0v) is 10.6. The van der Waals surface area contributed by atoms with Crippen LogP contribution in [-0.2, 0) is 10.2 Å². The van der Waals surface area contributed by atoms with Crippen molar-refractivity contribution in [2.75, 3.05) is 6.54 Å². The van der Waals surface area contributed by atoms with Crippen molar-refractivity contribution in [3.8, 4) is 0 Å². The van der Waals surface area contributed by atoms with Gasteiger partial charge in [0.15, 0.2) is 0 Å². The van der Waals surface area contributed by atoms with Crippen LogP contribution in [0.2, 0.25) is 0 Å². The van der Waals surface area contributed by atoms with Crippen molar-refractivity contribution in [2.45, 2.75) is 32.1 Å². The number of hydrogen-bond acceptors (Lipinski definition) is 1. The van der Waals surface area contributed by atoms with Gasteiger partial charge in [-0.2, -0.15) is 0 Å². The molecular formula is C14H17F2NO. The van der Waals surface area contributed by atoms with E-state index in [-0.39, 0.29) is 11.3 Å². The van der Waals surface area contributed by atoms with Crippen molar-refractivity contribution in [1.29, 1.82) is 0 Å². The maximum Gasteiger partial charge on any atom is 0.219 e. The molecule has 2 unspecified atom stereocenters. The summed E-state index contributed by atoms with van der Waals surface area (Å²) in [6.45, 7) is 4.21. The second-order valence-corrected chi connectivity index (χ2v) is 5.02. The minimum atomic E-state index is -0.572. The molecule has 0 radical (unpaired) electrons. The predicted octanol–water partition coefficient (Wildman–Crippen LogP) is 2.77. The maximum absolute atomic E-state index is 13.8. The fraction of sp³-hybridized carbons (Fsp3) is 0.500. The Hall–Kier alpha value is -1.45. The molecule has 1 amide bonds. The summed E-state index contributed by atoms with van der Waals surface area (Å²) < 4.78 is 26.7. The highest BCUT2D eigenvalue weighted by Crippen LogP contribution is 2.54. The van der Waals surface area contributed by atoms with Gasteiger partial charge in [0, 0.05) is 24.4 Å². The van der Waals surface area contributed by atoms with Gasteiger partial charge in [-0.3, -0.25) is 4.79 Å². The van der Waals surface area contributed by atoms with Crippen LogP contribution in [0.25, 0.3) is 0 Å². The van der Waals surface area contributed by atoms with Gasteiger partial charge in [-0.1, -0.05) is 19.9 Å². The molecule has 4 heteroatoms. The van der Waals surface area contributed by atoms with Gasteiger partial charge in [0.1, 0.15) is 11.6 Å². The van der Waals surface area contributed by atoms with Gasteiger partial charge in [0.05, 0.1) is 0 Å². The zero-order chi connectivity index (χ0) is 13.3. The van der Waals surface area contributed by atoms with Crippen molar-refractivity contribution in [2.24, 2.45) is 5.92 Å². The zero-order valence-electron chi connectivity index (χ0n) is 10.6. The first-order chi connectivity index (χ1) is 8.49. The smallest absolute Gasteiger partial charge is 0.219 e. The largest absolute Gasteiger partial charge is 0.355 e. The van der Waals surface area contributed by atoms with E-state index < -0.39 is 11.6 Å². The van der Waals surface area contributed by atoms with Crippen molar-refractivity contribution in [3.63, 3.8) is 0 Å². The van der Waals surface area contributed by atoms with Gasteiger partial charge in [-0.05, 0) is 24.0 Å². The van der Waals surface area contributed by atoms with Crippen molar-refractivity contribution in [1.82, 2.24) is 5.32 Å². The molecule has 1 saturated carbocycles. The van der Waals surface area contributed by atoms with Gasteiger partial charge in [-0.15, -0.1) is 0 Å². The molecule has 2 atom stereocenters. The lowest BCUT2D eigenvalue weighted by atomic mass is 9.92. The monoisotopic (exact) mass is 253 g/mol. The van der Waals surface area contributed by atoms with E-state index in [1.807, 2.05) is 6.92 Å². The number of carbonyl (C=O) groups excluding carboxylic acids is 1. The molecule has 2 nitrogen and oxygen atoms in total. The number of benzene rings is 1. The van der Waals surface area contributed by atoms with Crippen LogP contribution in [0, 0.1) is 17.6 Å². The van der Waals surface area contributed by atoms with Crippen LogP contribution in [-0.4, -0.2) is 12.5 Å². The highest BCUT2D eigenvalue weighted by atomic mass is 19.1. The minimum absolute atomic E-state index is 0.0454. The predicted molar refractivity (Wildman–Crippen MR) is 65.1 cm³/mol. The number of amides is 1. The average molecular weight is 253 g/mol. The third-order valence-corrected chi connectivity index (χ3v) is 3.84. The van der Waals surface area contributed by atoms with Crippen LogP contribution in [0.5, 0.6) is 0 Å². The molecule has 0 heterocycles. The molecule has 1 aliphatic rings. The summed E-state index contributed by atoms with van der Waals surface area (Å²) in [6, 6.07) is 3.67.